The van der Waals surface area contributed by atoms with E-state index in [0.717, 1.165) is 51.5 Å². The Kier molecular flexibility index (Phi) is 5.54. The van der Waals surface area contributed by atoms with E-state index in [1.54, 1.807) is 23.0 Å². The highest BCUT2D eigenvalue weighted by Crippen LogP contribution is 2.49. The third-order valence-corrected chi connectivity index (χ3v) is 9.94. The average molecular weight is 531 g/mol. The summed E-state index contributed by atoms with van der Waals surface area (Å²) in [5.41, 5.74) is 4.88. The number of halogens is 3. The number of alkyl halides is 3. The summed E-state index contributed by atoms with van der Waals surface area (Å²) in [6, 6.07) is 11.3. The molecule has 6 nitrogen and oxygen atoms in total. The van der Waals surface area contributed by atoms with Crippen molar-refractivity contribution >= 4 is 21.4 Å². The van der Waals surface area contributed by atoms with E-state index in [2.05, 4.69) is 39.4 Å². The summed E-state index contributed by atoms with van der Waals surface area (Å²) in [5, 5.41) is 7.15. The number of nitrogens with one attached hydrogen (secondary N) is 1. The number of piperidine rings is 1. The summed E-state index contributed by atoms with van der Waals surface area (Å²) in [6.45, 7) is 0. The van der Waals surface area contributed by atoms with Gasteiger partial charge in [-0.25, -0.2) is 8.42 Å². The summed E-state index contributed by atoms with van der Waals surface area (Å²) in [5.74, 6) is 0.137. The molecule has 0 saturated carbocycles. The van der Waals surface area contributed by atoms with Gasteiger partial charge >= 0.3 is 6.18 Å². The van der Waals surface area contributed by atoms with E-state index in [9.17, 15) is 21.6 Å². The normalized spacial score (nSPS) is 22.4. The van der Waals surface area contributed by atoms with Crippen molar-refractivity contribution in [2.45, 2.75) is 48.3 Å². The summed E-state index contributed by atoms with van der Waals surface area (Å²) in [7, 11) is -4.03. The third-order valence-electron chi connectivity index (χ3n) is 7.14. The summed E-state index contributed by atoms with van der Waals surface area (Å²) < 4.78 is 68.0. The number of nitrogens with zero attached hydrogens (tertiary/aromatic N) is 3. The Hall–Kier alpha value is -3.02. The molecule has 0 spiro atoms. The van der Waals surface area contributed by atoms with Crippen molar-refractivity contribution in [1.82, 2.24) is 19.5 Å². The molecule has 1 fully saturated rings. The molecular weight excluding hydrogens is 509 g/mol. The molecule has 2 bridgehead atoms. The number of aromatic amines is 1. The van der Waals surface area contributed by atoms with Gasteiger partial charge in [0.05, 0.1) is 33.1 Å². The van der Waals surface area contributed by atoms with E-state index in [0.29, 0.717) is 19.3 Å². The second kappa shape index (κ2) is 8.53. The Morgan fingerprint density at radius 2 is 1.75 bits per heavy atom. The fraction of sp³-hybridized carbons (Fsp3) is 0.280. The van der Waals surface area contributed by atoms with Crippen LogP contribution < -0.4 is 0 Å². The molecule has 0 aliphatic carbocycles. The highest BCUT2D eigenvalue weighted by Gasteiger charge is 2.48. The van der Waals surface area contributed by atoms with Gasteiger partial charge in [0.15, 0.2) is 0 Å². The van der Waals surface area contributed by atoms with E-state index >= 15 is 0 Å². The van der Waals surface area contributed by atoms with Crippen LogP contribution in [0.1, 0.15) is 47.2 Å². The number of rotatable bonds is 4. The van der Waals surface area contributed by atoms with E-state index in [4.69, 9.17) is 0 Å². The molecule has 2 aromatic carbocycles. The van der Waals surface area contributed by atoms with Gasteiger partial charge in [-0.3, -0.25) is 10.1 Å². The molecule has 6 rings (SSSR count). The molecule has 1 N–H and O–H groups in total. The van der Waals surface area contributed by atoms with Gasteiger partial charge < -0.3 is 0 Å². The molecule has 3 atom stereocenters. The second-order valence-electron chi connectivity index (χ2n) is 9.19. The van der Waals surface area contributed by atoms with Crippen molar-refractivity contribution in [3.05, 3.63) is 88.8 Å². The first kappa shape index (κ1) is 23.4. The van der Waals surface area contributed by atoms with Crippen LogP contribution in [0.3, 0.4) is 0 Å². The lowest BCUT2D eigenvalue weighted by atomic mass is 9.76. The van der Waals surface area contributed by atoms with Gasteiger partial charge in [0.1, 0.15) is 0 Å². The van der Waals surface area contributed by atoms with Crippen LogP contribution in [0.15, 0.2) is 71.3 Å². The minimum Gasteiger partial charge on any atom is -0.282 e. The van der Waals surface area contributed by atoms with E-state index < -0.39 is 27.8 Å². The lowest BCUT2D eigenvalue weighted by Crippen LogP contribution is -2.51. The Morgan fingerprint density at radius 3 is 2.42 bits per heavy atom. The number of H-pyrrole nitrogens is 1. The van der Waals surface area contributed by atoms with Crippen LogP contribution in [0.25, 0.3) is 10.4 Å². The summed E-state index contributed by atoms with van der Waals surface area (Å²) in [4.78, 5) is 5.08. The first-order valence-electron chi connectivity index (χ1n) is 11.4. The number of fused-ring (bicyclic) bond motifs is 4. The molecule has 0 amide bonds. The number of aromatic nitrogens is 3. The van der Waals surface area contributed by atoms with Crippen molar-refractivity contribution < 1.29 is 21.6 Å². The SMILES string of the molecule is O=S(=O)(c1ccc(C(F)(F)F)cc1)N1C2Cc3[nH]ncc3C1CC(c1ccc(-c3cncs3)cc1)C2. The van der Waals surface area contributed by atoms with Crippen molar-refractivity contribution in [1.29, 1.82) is 0 Å². The number of hydrogen-bond acceptors (Lipinski definition) is 5. The topological polar surface area (TPSA) is 79.0 Å². The fourth-order valence-corrected chi connectivity index (χ4v) is 7.89. The molecule has 0 radical (unpaired) electrons. The molecule has 2 aromatic heterocycles. The van der Waals surface area contributed by atoms with Crippen LogP contribution in [-0.4, -0.2) is 33.9 Å². The Bertz CT molecular complexity index is 1480. The highest BCUT2D eigenvalue weighted by molar-refractivity contribution is 7.89. The molecule has 1 saturated heterocycles. The Balaban J connectivity index is 1.33. The van der Waals surface area contributed by atoms with Crippen LogP contribution in [0.2, 0.25) is 0 Å². The number of thiazole rings is 1. The minimum absolute atomic E-state index is 0.134. The predicted molar refractivity (Wildman–Crippen MR) is 129 cm³/mol. The largest absolute Gasteiger partial charge is 0.416 e. The predicted octanol–water partition coefficient (Wildman–Crippen LogP) is 5.79. The van der Waals surface area contributed by atoms with Gasteiger partial charge in [-0.1, -0.05) is 24.3 Å². The number of sulfonamides is 1. The molecule has 186 valence electrons. The average Bonchev–Trinajstić information content (AvgIpc) is 3.55. The van der Waals surface area contributed by atoms with Crippen LogP contribution in [-0.2, 0) is 22.6 Å². The summed E-state index contributed by atoms with van der Waals surface area (Å²) in [6.07, 6.45) is 0.604. The molecule has 3 unspecified atom stereocenters. The van der Waals surface area contributed by atoms with Crippen molar-refractivity contribution in [2.75, 3.05) is 0 Å². The number of hydrogen-bond donors (Lipinski definition) is 1. The van der Waals surface area contributed by atoms with E-state index in [-0.39, 0.29) is 16.9 Å². The lowest BCUT2D eigenvalue weighted by Gasteiger charge is -2.47. The Morgan fingerprint density at radius 1 is 1.00 bits per heavy atom. The molecule has 2 aliphatic rings. The summed E-state index contributed by atoms with van der Waals surface area (Å²) >= 11 is 1.57. The zero-order chi connectivity index (χ0) is 25.1. The minimum atomic E-state index is -4.53. The second-order valence-corrected chi connectivity index (χ2v) is 11.9. The van der Waals surface area contributed by atoms with Crippen LogP contribution in [0, 0.1) is 0 Å². The first-order valence-corrected chi connectivity index (χ1v) is 13.8. The molecular formula is C25H21F3N4O2S2. The smallest absolute Gasteiger partial charge is 0.282 e. The standard InChI is InChI=1S/C25H21F3N4O2S2/c26-25(27,28)18-5-7-20(8-6-18)36(33,34)32-19-9-17(10-23(32)21-12-30-31-22(21)11-19)15-1-3-16(4-2-15)24-13-29-14-35-24/h1-8,12-14,17,19,23H,9-11H2,(H,30,31). The van der Waals surface area contributed by atoms with Crippen molar-refractivity contribution in [3.8, 4) is 10.4 Å². The zero-order valence-electron chi connectivity index (χ0n) is 18.8. The van der Waals surface area contributed by atoms with Crippen LogP contribution in [0.5, 0.6) is 0 Å². The van der Waals surface area contributed by atoms with E-state index in [1.807, 2.05) is 6.20 Å². The Labute approximate surface area is 209 Å². The fourth-order valence-electron chi connectivity index (χ4n) is 5.45. The van der Waals surface area contributed by atoms with Gasteiger partial charge in [0.25, 0.3) is 0 Å². The van der Waals surface area contributed by atoms with Crippen molar-refractivity contribution in [3.63, 3.8) is 0 Å². The quantitative estimate of drug-likeness (QED) is 0.363. The molecule has 4 heterocycles. The van der Waals surface area contributed by atoms with E-state index in [1.165, 1.54) is 4.31 Å². The molecule has 2 aliphatic heterocycles. The first-order chi connectivity index (χ1) is 17.2. The maximum absolute atomic E-state index is 13.7. The van der Waals surface area contributed by atoms with Gasteiger partial charge in [-0.2, -0.15) is 22.6 Å². The van der Waals surface area contributed by atoms with Gasteiger partial charge in [0, 0.05) is 29.9 Å². The third kappa shape index (κ3) is 3.95. The molecule has 36 heavy (non-hydrogen) atoms. The monoisotopic (exact) mass is 530 g/mol. The lowest BCUT2D eigenvalue weighted by molar-refractivity contribution is -0.137. The molecule has 11 heteroatoms. The van der Waals surface area contributed by atoms with Crippen LogP contribution in [0.4, 0.5) is 13.2 Å². The molecule has 4 aromatic rings. The maximum Gasteiger partial charge on any atom is 0.416 e. The maximum atomic E-state index is 13.7. The number of benzene rings is 2. The van der Waals surface area contributed by atoms with Crippen molar-refractivity contribution in [2.24, 2.45) is 0 Å². The van der Waals surface area contributed by atoms with Gasteiger partial charge in [-0.15, -0.1) is 11.3 Å². The zero-order valence-corrected chi connectivity index (χ0v) is 20.4. The highest BCUT2D eigenvalue weighted by atomic mass is 32.2. The van der Waals surface area contributed by atoms with Gasteiger partial charge in [0.2, 0.25) is 10.0 Å². The van der Waals surface area contributed by atoms with Crippen LogP contribution >= 0.6 is 11.3 Å². The van der Waals surface area contributed by atoms with Gasteiger partial charge in [-0.05, 0) is 54.2 Å².